The zero-order valence-electron chi connectivity index (χ0n) is 33.5. The summed E-state index contributed by atoms with van der Waals surface area (Å²) in [4.78, 5) is 13.0. The van der Waals surface area contributed by atoms with Crippen LogP contribution in [0.25, 0.3) is 0 Å². The fourth-order valence-electron chi connectivity index (χ4n) is 8.79. The predicted molar refractivity (Wildman–Crippen MR) is 231 cm³/mol. The summed E-state index contributed by atoms with van der Waals surface area (Å²) >= 11 is 0. The van der Waals surface area contributed by atoms with Crippen molar-refractivity contribution in [3.8, 4) is 0 Å². The second kappa shape index (κ2) is 19.2. The number of hydrogen-bond acceptors (Lipinski definition) is 3. The van der Waals surface area contributed by atoms with Gasteiger partial charge in [-0.25, -0.2) is 0 Å². The van der Waals surface area contributed by atoms with Crippen LogP contribution in [-0.4, -0.2) is 19.0 Å². The number of rotatable bonds is 16. The smallest absolute Gasteiger partial charge is 0.189 e. The molecule has 0 saturated carbocycles. The van der Waals surface area contributed by atoms with Crippen LogP contribution in [0.1, 0.15) is 103 Å². The van der Waals surface area contributed by atoms with Crippen molar-refractivity contribution in [3.05, 3.63) is 202 Å². The van der Waals surface area contributed by atoms with Gasteiger partial charge in [-0.3, -0.25) is 4.79 Å². The first-order chi connectivity index (χ1) is 27.4. The Balaban J connectivity index is 0.984. The van der Waals surface area contributed by atoms with Crippen LogP contribution in [0.3, 0.4) is 0 Å². The van der Waals surface area contributed by atoms with E-state index in [0.717, 1.165) is 79.6 Å². The van der Waals surface area contributed by atoms with Gasteiger partial charge in [0.1, 0.15) is 11.5 Å². The summed E-state index contributed by atoms with van der Waals surface area (Å²) in [5.74, 6) is 4.33. The lowest BCUT2D eigenvalue weighted by Gasteiger charge is -2.34. The molecule has 7 rings (SSSR count). The molecule has 0 amide bonds. The van der Waals surface area contributed by atoms with E-state index < -0.39 is 0 Å². The highest BCUT2D eigenvalue weighted by molar-refractivity contribution is 6.09. The second-order valence-corrected chi connectivity index (χ2v) is 16.2. The van der Waals surface area contributed by atoms with Crippen molar-refractivity contribution in [1.29, 1.82) is 0 Å². The molecule has 288 valence electrons. The largest absolute Gasteiger partial charge is 0.462 e. The highest BCUT2D eigenvalue weighted by Crippen LogP contribution is 2.41. The lowest BCUT2D eigenvalue weighted by Crippen LogP contribution is -2.23. The van der Waals surface area contributed by atoms with E-state index in [1.54, 1.807) is 7.11 Å². The van der Waals surface area contributed by atoms with Crippen molar-refractivity contribution in [2.75, 3.05) is 7.11 Å². The number of Topliss-reactive ketones (excluding diaryl/α,β-unsaturated/α-hetero) is 1. The molecule has 6 atom stereocenters. The Morgan fingerprint density at radius 2 is 1.62 bits per heavy atom. The van der Waals surface area contributed by atoms with Crippen LogP contribution in [0.2, 0.25) is 0 Å². The van der Waals surface area contributed by atoms with Gasteiger partial charge in [0.15, 0.2) is 5.78 Å². The van der Waals surface area contributed by atoms with E-state index >= 15 is 0 Å². The van der Waals surface area contributed by atoms with Gasteiger partial charge in [-0.1, -0.05) is 152 Å². The number of hydrogen-bond donors (Lipinski definition) is 0. The zero-order chi connectivity index (χ0) is 38.7. The highest BCUT2D eigenvalue weighted by Gasteiger charge is 2.30. The third-order valence-corrected chi connectivity index (χ3v) is 12.4. The van der Waals surface area contributed by atoms with Crippen molar-refractivity contribution in [2.45, 2.75) is 89.6 Å². The molecule has 4 aliphatic carbocycles. The number of carbonyl (C=O) groups is 1. The predicted octanol–water partition coefficient (Wildman–Crippen LogP) is 13.2. The molecule has 0 saturated heterocycles. The van der Waals surface area contributed by atoms with Gasteiger partial charge in [0.25, 0.3) is 0 Å². The Kier molecular flexibility index (Phi) is 13.5. The van der Waals surface area contributed by atoms with Gasteiger partial charge in [0, 0.05) is 24.7 Å². The van der Waals surface area contributed by atoms with Gasteiger partial charge >= 0.3 is 0 Å². The van der Waals surface area contributed by atoms with Gasteiger partial charge in [-0.2, -0.15) is 0 Å². The van der Waals surface area contributed by atoms with Gasteiger partial charge in [-0.15, -0.1) is 0 Å². The average Bonchev–Trinajstić information content (AvgIpc) is 3.26. The molecule has 0 heterocycles. The topological polar surface area (TPSA) is 35.5 Å². The maximum absolute atomic E-state index is 13.0. The first-order valence-electron chi connectivity index (χ1n) is 20.9. The number of methoxy groups -OCH3 is 1. The van der Waals surface area contributed by atoms with Gasteiger partial charge < -0.3 is 9.47 Å². The molecule has 4 aliphatic rings. The third-order valence-electron chi connectivity index (χ3n) is 12.4. The summed E-state index contributed by atoms with van der Waals surface area (Å²) in [7, 11) is 1.79. The normalized spacial score (nSPS) is 22.0. The minimum absolute atomic E-state index is 0.108. The monoisotopic (exact) mass is 742 g/mol. The van der Waals surface area contributed by atoms with Crippen molar-refractivity contribution in [3.63, 3.8) is 0 Å². The minimum atomic E-state index is 0.108. The molecule has 3 heteroatoms. The molecule has 0 N–H and O–H groups in total. The Morgan fingerprint density at radius 1 is 0.804 bits per heavy atom. The number of ketones is 1. The Hall–Kier alpha value is -4.99. The number of benzene rings is 3. The van der Waals surface area contributed by atoms with Crippen molar-refractivity contribution in [2.24, 2.45) is 17.8 Å². The fraction of sp³-hybridized carbons (Fsp3) is 0.340. The molecule has 0 radical (unpaired) electrons. The summed E-state index contributed by atoms with van der Waals surface area (Å²) in [5.41, 5.74) is 8.42. The highest BCUT2D eigenvalue weighted by atomic mass is 16.5. The Labute approximate surface area is 335 Å². The maximum atomic E-state index is 13.0. The summed E-state index contributed by atoms with van der Waals surface area (Å²) in [5, 5.41) is 0. The van der Waals surface area contributed by atoms with E-state index in [1.807, 2.05) is 43.3 Å². The first kappa shape index (κ1) is 39.3. The lowest BCUT2D eigenvalue weighted by atomic mass is 9.71. The van der Waals surface area contributed by atoms with Crippen LogP contribution in [0.15, 0.2) is 174 Å². The molecule has 3 nitrogen and oxygen atoms in total. The molecule has 3 aromatic carbocycles. The lowest BCUT2D eigenvalue weighted by molar-refractivity contribution is 0.102. The number of carbonyl (C=O) groups excluding carboxylic acids is 1. The van der Waals surface area contributed by atoms with Crippen molar-refractivity contribution in [1.82, 2.24) is 0 Å². The molecule has 0 spiro atoms. The second-order valence-electron chi connectivity index (χ2n) is 16.2. The van der Waals surface area contributed by atoms with E-state index in [1.165, 1.54) is 22.3 Å². The van der Waals surface area contributed by atoms with E-state index in [2.05, 4.69) is 122 Å². The minimum Gasteiger partial charge on any atom is -0.462 e. The first-order valence-corrected chi connectivity index (χ1v) is 20.9. The van der Waals surface area contributed by atoms with E-state index in [9.17, 15) is 4.79 Å². The SMILES string of the molecule is COC1C=CC(CC(CCc2ccc(C(C)C(CC3C=CC=CC3)C3C=CC(OC4=CC=C(C(=O)c5ccc(C)cc5)CC4)=CC3)cc2)c2ccccc2)=CC1. The maximum Gasteiger partial charge on any atom is 0.189 e. The standard InChI is InChI=1S/C53H58O3/c1-38-14-21-46(22-15-38)53(54)47-28-34-51(35-29-47)56-50-32-26-45(27-33-50)52(37-41-10-6-4-7-11-41)39(2)43-23-16-40(17-24-43)18-25-48(44-12-8-5-9-13-44)36-42-19-30-49(55-3)31-20-42/h4-10,12-17,19-24,26,28,30,32-34,39,41,45,48-49,52H,11,18,25,27,29,31,35-37H2,1-3H3. The quantitative estimate of drug-likeness (QED) is 0.137. The van der Waals surface area contributed by atoms with Gasteiger partial charge in [0.05, 0.1) is 6.10 Å². The number of aryl methyl sites for hydroxylation is 2. The van der Waals surface area contributed by atoms with E-state index in [4.69, 9.17) is 9.47 Å². The third kappa shape index (κ3) is 10.4. The molecule has 6 unspecified atom stereocenters. The van der Waals surface area contributed by atoms with Crippen molar-refractivity contribution >= 4 is 5.78 Å². The Morgan fingerprint density at radius 3 is 2.29 bits per heavy atom. The van der Waals surface area contributed by atoms with Crippen LogP contribution < -0.4 is 0 Å². The summed E-state index contributed by atoms with van der Waals surface area (Å²) in [6.45, 7) is 4.48. The zero-order valence-corrected chi connectivity index (χ0v) is 33.5. The van der Waals surface area contributed by atoms with Crippen LogP contribution in [-0.2, 0) is 15.9 Å². The molecule has 0 fully saturated rings. The average molecular weight is 743 g/mol. The summed E-state index contributed by atoms with van der Waals surface area (Å²) in [6, 6.07) is 28.4. The van der Waals surface area contributed by atoms with Gasteiger partial charge in [-0.05, 0) is 123 Å². The summed E-state index contributed by atoms with van der Waals surface area (Å²) in [6.07, 6.45) is 35.8. The van der Waals surface area contributed by atoms with Crippen LogP contribution in [0.5, 0.6) is 0 Å². The number of allylic oxidation sites excluding steroid dienone is 13. The number of ether oxygens (including phenoxy) is 2. The van der Waals surface area contributed by atoms with Crippen LogP contribution in [0, 0.1) is 24.7 Å². The van der Waals surface area contributed by atoms with E-state index in [-0.39, 0.29) is 11.9 Å². The molecule has 3 aromatic rings. The van der Waals surface area contributed by atoms with Crippen LogP contribution >= 0.6 is 0 Å². The molecule has 56 heavy (non-hydrogen) atoms. The van der Waals surface area contributed by atoms with Crippen LogP contribution in [0.4, 0.5) is 0 Å². The fourth-order valence-corrected chi connectivity index (χ4v) is 8.79. The molecular formula is C53H58O3. The molecule has 0 aliphatic heterocycles. The van der Waals surface area contributed by atoms with Gasteiger partial charge in [0.2, 0.25) is 0 Å². The molecule has 0 aromatic heterocycles. The molecule has 0 bridgehead atoms. The Bertz CT molecular complexity index is 2030. The summed E-state index contributed by atoms with van der Waals surface area (Å²) < 4.78 is 11.9. The van der Waals surface area contributed by atoms with E-state index in [0.29, 0.717) is 36.0 Å². The van der Waals surface area contributed by atoms with Crippen molar-refractivity contribution < 1.29 is 14.3 Å². The molecular weight excluding hydrogens is 685 g/mol.